The van der Waals surface area contributed by atoms with Crippen LogP contribution < -0.4 is 10.6 Å². The third kappa shape index (κ3) is 5.08. The zero-order valence-electron chi connectivity index (χ0n) is 17.4. The zero-order valence-corrected chi connectivity index (χ0v) is 18.9. The van der Waals surface area contributed by atoms with E-state index in [1.165, 1.54) is 0 Å². The first kappa shape index (κ1) is 22.4. The molecule has 3 rings (SSSR count). The fraction of sp³-hybridized carbons (Fsp3) is 0.391. The minimum atomic E-state index is -0.450. The molecule has 0 bridgehead atoms. The molecule has 1 aliphatic heterocycles. The molecule has 2 amide bonds. The van der Waals surface area contributed by atoms with Gasteiger partial charge in [-0.2, -0.15) is 0 Å². The number of nitrogens with one attached hydrogen (secondary N) is 2. The Balaban J connectivity index is 1.82. The predicted molar refractivity (Wildman–Crippen MR) is 121 cm³/mol. The number of anilines is 2. The topological polar surface area (TPSA) is 67.4 Å². The highest BCUT2D eigenvalue weighted by Crippen LogP contribution is 2.49. The summed E-state index contributed by atoms with van der Waals surface area (Å²) < 4.78 is 5.74. The van der Waals surface area contributed by atoms with Gasteiger partial charge in [0.2, 0.25) is 0 Å². The first-order valence-corrected chi connectivity index (χ1v) is 10.8. The lowest BCUT2D eigenvalue weighted by molar-refractivity contribution is -0.167. The summed E-state index contributed by atoms with van der Waals surface area (Å²) in [5, 5.41) is 6.76. The van der Waals surface area contributed by atoms with Gasteiger partial charge in [0, 0.05) is 38.8 Å². The van der Waals surface area contributed by atoms with Crippen LogP contribution in [0.4, 0.5) is 16.2 Å². The largest absolute Gasteiger partial charge is 0.457 e. The van der Waals surface area contributed by atoms with Crippen LogP contribution in [0.2, 0.25) is 10.0 Å². The fourth-order valence-corrected chi connectivity index (χ4v) is 4.44. The number of hydrogen-bond donors (Lipinski definition) is 2. The van der Waals surface area contributed by atoms with E-state index in [1.807, 2.05) is 6.92 Å². The molecule has 0 aromatic heterocycles. The van der Waals surface area contributed by atoms with Crippen molar-refractivity contribution in [1.29, 1.82) is 0 Å². The number of ether oxygens (including phenoxy) is 1. The van der Waals surface area contributed by atoms with Crippen LogP contribution in [0.3, 0.4) is 0 Å². The van der Waals surface area contributed by atoms with E-state index in [4.69, 9.17) is 27.9 Å². The van der Waals surface area contributed by atoms with Gasteiger partial charge in [-0.1, -0.05) is 43.5 Å². The molecule has 0 saturated carbocycles. The Bertz CT molecular complexity index is 963. The van der Waals surface area contributed by atoms with Gasteiger partial charge in [0.1, 0.15) is 6.10 Å². The molecule has 1 heterocycles. The number of hydrogen-bond acceptors (Lipinski definition) is 3. The summed E-state index contributed by atoms with van der Waals surface area (Å²) in [6.07, 6.45) is 2.59. The molecule has 0 radical (unpaired) electrons. The lowest BCUT2D eigenvalue weighted by Crippen LogP contribution is -2.35. The molecule has 160 valence electrons. The molecule has 2 aromatic rings. The van der Waals surface area contributed by atoms with Crippen molar-refractivity contribution >= 4 is 46.6 Å². The number of urea groups is 1. The number of aryl methyl sites for hydroxylation is 1. The third-order valence-corrected chi connectivity index (χ3v) is 6.16. The number of carbonyl (C=O) groups is 2. The van der Waals surface area contributed by atoms with Crippen molar-refractivity contribution in [2.45, 2.75) is 52.6 Å². The van der Waals surface area contributed by atoms with Gasteiger partial charge in [0.05, 0.1) is 0 Å². The molecule has 2 unspecified atom stereocenters. The van der Waals surface area contributed by atoms with Crippen LogP contribution in [-0.4, -0.2) is 12.0 Å². The Morgan fingerprint density at radius 1 is 1.20 bits per heavy atom. The summed E-state index contributed by atoms with van der Waals surface area (Å²) in [6, 6.07) is 10.1. The second-order valence-corrected chi connectivity index (χ2v) is 8.89. The maximum absolute atomic E-state index is 12.5. The number of cyclic esters (lactones) is 1. The summed E-state index contributed by atoms with van der Waals surface area (Å²) >= 11 is 12.4. The summed E-state index contributed by atoms with van der Waals surface area (Å²) in [5.41, 5.74) is 2.61. The molecule has 0 spiro atoms. The number of rotatable bonds is 5. The number of benzene rings is 2. The average molecular weight is 449 g/mol. The van der Waals surface area contributed by atoms with Gasteiger partial charge in [-0.15, -0.1) is 0 Å². The van der Waals surface area contributed by atoms with Crippen LogP contribution in [0.15, 0.2) is 36.4 Å². The molecular weight excluding hydrogens is 423 g/mol. The van der Waals surface area contributed by atoms with E-state index in [9.17, 15) is 9.59 Å². The highest BCUT2D eigenvalue weighted by Gasteiger charge is 2.42. The van der Waals surface area contributed by atoms with Crippen LogP contribution in [0.1, 0.15) is 56.8 Å². The lowest BCUT2D eigenvalue weighted by atomic mass is 9.72. The van der Waals surface area contributed by atoms with Gasteiger partial charge in [-0.3, -0.25) is 4.79 Å². The summed E-state index contributed by atoms with van der Waals surface area (Å²) in [5.74, 6) is -0.223. The van der Waals surface area contributed by atoms with E-state index in [-0.39, 0.29) is 17.4 Å². The Labute approximate surface area is 187 Å². The SMILES string of the molecule is CCCC1(C)CCC(=O)OC1c1cc(NC(=O)Nc2ccc(Cl)cc2C)ccc1Cl. The first-order chi connectivity index (χ1) is 14.2. The van der Waals surface area contributed by atoms with Gasteiger partial charge in [-0.05, 0) is 61.7 Å². The molecular formula is C23H26Cl2N2O3. The summed E-state index contributed by atoms with van der Waals surface area (Å²) in [4.78, 5) is 24.5. The summed E-state index contributed by atoms with van der Waals surface area (Å²) in [7, 11) is 0. The van der Waals surface area contributed by atoms with Crippen molar-refractivity contribution in [3.05, 3.63) is 57.6 Å². The van der Waals surface area contributed by atoms with Crippen molar-refractivity contribution in [3.8, 4) is 0 Å². The molecule has 2 aromatic carbocycles. The van der Waals surface area contributed by atoms with Crippen molar-refractivity contribution in [2.75, 3.05) is 10.6 Å². The molecule has 1 aliphatic rings. The van der Waals surface area contributed by atoms with Crippen molar-refractivity contribution in [3.63, 3.8) is 0 Å². The van der Waals surface area contributed by atoms with Gasteiger partial charge in [0.25, 0.3) is 0 Å². The Morgan fingerprint density at radius 3 is 2.67 bits per heavy atom. The van der Waals surface area contributed by atoms with Crippen molar-refractivity contribution in [1.82, 2.24) is 0 Å². The highest BCUT2D eigenvalue weighted by molar-refractivity contribution is 6.31. The molecule has 7 heteroatoms. The van der Waals surface area contributed by atoms with E-state index in [1.54, 1.807) is 36.4 Å². The average Bonchev–Trinajstić information content (AvgIpc) is 2.68. The Kier molecular flexibility index (Phi) is 6.94. The fourth-order valence-electron chi connectivity index (χ4n) is 3.99. The normalized spacial score (nSPS) is 21.1. The molecule has 1 saturated heterocycles. The molecule has 5 nitrogen and oxygen atoms in total. The lowest BCUT2D eigenvalue weighted by Gasteiger charge is -2.41. The minimum absolute atomic E-state index is 0.201. The van der Waals surface area contributed by atoms with Crippen LogP contribution in [0, 0.1) is 12.3 Å². The van der Waals surface area contributed by atoms with Gasteiger partial charge in [0.15, 0.2) is 0 Å². The number of amides is 2. The number of esters is 1. The quantitative estimate of drug-likeness (QED) is 0.477. The second kappa shape index (κ2) is 9.27. The third-order valence-electron chi connectivity index (χ3n) is 5.58. The van der Waals surface area contributed by atoms with Crippen molar-refractivity contribution < 1.29 is 14.3 Å². The second-order valence-electron chi connectivity index (χ2n) is 8.05. The molecule has 30 heavy (non-hydrogen) atoms. The van der Waals surface area contributed by atoms with Gasteiger partial charge >= 0.3 is 12.0 Å². The zero-order chi connectivity index (χ0) is 21.9. The van der Waals surface area contributed by atoms with Crippen LogP contribution in [0.5, 0.6) is 0 Å². The predicted octanol–water partition coefficient (Wildman–Crippen LogP) is 7.13. The maximum atomic E-state index is 12.5. The first-order valence-electron chi connectivity index (χ1n) is 10.0. The smallest absolute Gasteiger partial charge is 0.323 e. The highest BCUT2D eigenvalue weighted by atomic mass is 35.5. The standard InChI is InChI=1S/C23H26Cl2N2O3/c1-4-10-23(3)11-9-20(28)30-21(23)17-13-16(6-7-18(17)25)26-22(29)27-19-8-5-15(24)12-14(19)2/h5-8,12-13,21H,4,9-11H2,1-3H3,(H2,26,27,29). The molecule has 1 fully saturated rings. The van der Waals surface area contributed by atoms with E-state index < -0.39 is 6.10 Å². The molecule has 2 N–H and O–H groups in total. The molecule has 0 aliphatic carbocycles. The Hall–Kier alpha value is -2.24. The van der Waals surface area contributed by atoms with Crippen LogP contribution in [-0.2, 0) is 9.53 Å². The molecule has 2 atom stereocenters. The van der Waals surface area contributed by atoms with Crippen LogP contribution >= 0.6 is 23.2 Å². The number of halogens is 2. The minimum Gasteiger partial charge on any atom is -0.457 e. The summed E-state index contributed by atoms with van der Waals surface area (Å²) in [6.45, 7) is 6.11. The monoisotopic (exact) mass is 448 g/mol. The maximum Gasteiger partial charge on any atom is 0.323 e. The van der Waals surface area contributed by atoms with E-state index in [0.717, 1.165) is 24.8 Å². The van der Waals surface area contributed by atoms with E-state index in [2.05, 4.69) is 24.5 Å². The van der Waals surface area contributed by atoms with Gasteiger partial charge in [-0.25, -0.2) is 4.79 Å². The number of carbonyl (C=O) groups excluding carboxylic acids is 2. The van der Waals surface area contributed by atoms with E-state index >= 15 is 0 Å². The Morgan fingerprint density at radius 2 is 1.97 bits per heavy atom. The van der Waals surface area contributed by atoms with Gasteiger partial charge < -0.3 is 15.4 Å². The van der Waals surface area contributed by atoms with Crippen LogP contribution in [0.25, 0.3) is 0 Å². The van der Waals surface area contributed by atoms with E-state index in [0.29, 0.717) is 33.4 Å². The van der Waals surface area contributed by atoms with Crippen molar-refractivity contribution in [2.24, 2.45) is 5.41 Å².